The summed E-state index contributed by atoms with van der Waals surface area (Å²) in [6.07, 6.45) is 3.29. The number of nitrogens with two attached hydrogens (primary N) is 1. The molecular formula is C30H33N7O4. The third-order valence-corrected chi connectivity index (χ3v) is 6.05. The van der Waals surface area contributed by atoms with Crippen LogP contribution in [-0.2, 0) is 21.5 Å². The summed E-state index contributed by atoms with van der Waals surface area (Å²) >= 11 is 0. The summed E-state index contributed by atoms with van der Waals surface area (Å²) in [7, 11) is 0. The van der Waals surface area contributed by atoms with Gasteiger partial charge in [-0.2, -0.15) is 5.10 Å². The van der Waals surface area contributed by atoms with E-state index in [2.05, 4.69) is 15.6 Å². The topological polar surface area (TPSA) is 144 Å². The fraction of sp³-hybridized carbons (Fsp3) is 0.233. The first-order valence-electron chi connectivity index (χ1n) is 13.0. The highest BCUT2D eigenvalue weighted by Gasteiger charge is 2.22. The zero-order valence-corrected chi connectivity index (χ0v) is 23.4. The van der Waals surface area contributed by atoms with Crippen molar-refractivity contribution in [2.45, 2.75) is 39.7 Å². The maximum atomic E-state index is 12.9. The molecule has 212 valence electrons. The number of anilines is 2. The van der Waals surface area contributed by atoms with Crippen LogP contribution in [0, 0.1) is 0 Å². The quantitative estimate of drug-likeness (QED) is 0.270. The number of benzene rings is 2. The standard InChI is InChI=1S/C30H33N7O4/c1-20(38)36(19-27(31)39)18-21-7-11-23(12-8-21)37-28(16-26(35-37)30(2,3)4)34-29(40)33-22-9-13-24(14-10-22)41-25-6-5-15-32-17-25/h5-17H,18-19H2,1-4H3,(H2,31,39)(H2,33,34,40). The average molecular weight is 556 g/mol. The molecule has 2 aromatic carbocycles. The van der Waals surface area contributed by atoms with Crippen LogP contribution in [0.4, 0.5) is 16.3 Å². The number of hydrogen-bond donors (Lipinski definition) is 3. The number of amides is 4. The van der Waals surface area contributed by atoms with Gasteiger partial charge in [-0.3, -0.25) is 19.9 Å². The van der Waals surface area contributed by atoms with E-state index in [-0.39, 0.29) is 24.4 Å². The van der Waals surface area contributed by atoms with Gasteiger partial charge in [-0.1, -0.05) is 32.9 Å². The van der Waals surface area contributed by atoms with Crippen molar-refractivity contribution in [2.75, 3.05) is 17.2 Å². The summed E-state index contributed by atoms with van der Waals surface area (Å²) in [5.41, 5.74) is 7.90. The van der Waals surface area contributed by atoms with Crippen LogP contribution >= 0.6 is 0 Å². The molecule has 0 saturated carbocycles. The van der Waals surface area contributed by atoms with E-state index in [4.69, 9.17) is 15.6 Å². The molecule has 0 bridgehead atoms. The second-order valence-corrected chi connectivity index (χ2v) is 10.5. The number of ether oxygens (including phenoxy) is 1. The number of pyridine rings is 1. The van der Waals surface area contributed by atoms with Crippen LogP contribution in [0.2, 0.25) is 0 Å². The lowest BCUT2D eigenvalue weighted by atomic mass is 9.92. The van der Waals surface area contributed by atoms with E-state index in [1.54, 1.807) is 53.5 Å². The van der Waals surface area contributed by atoms with Gasteiger partial charge in [0.1, 0.15) is 17.3 Å². The van der Waals surface area contributed by atoms with Crippen molar-refractivity contribution in [3.05, 3.63) is 90.4 Å². The van der Waals surface area contributed by atoms with Gasteiger partial charge in [0, 0.05) is 36.8 Å². The highest BCUT2D eigenvalue weighted by molar-refractivity contribution is 5.99. The maximum Gasteiger partial charge on any atom is 0.324 e. The minimum atomic E-state index is -0.578. The van der Waals surface area contributed by atoms with Gasteiger partial charge in [-0.05, 0) is 54.1 Å². The molecule has 2 heterocycles. The molecule has 4 rings (SSSR count). The van der Waals surface area contributed by atoms with Crippen molar-refractivity contribution in [3.8, 4) is 17.2 Å². The van der Waals surface area contributed by atoms with Gasteiger partial charge in [0.15, 0.2) is 0 Å². The van der Waals surface area contributed by atoms with Crippen molar-refractivity contribution < 1.29 is 19.1 Å². The Hall–Kier alpha value is -5.19. The molecule has 4 amide bonds. The third-order valence-electron chi connectivity index (χ3n) is 6.05. The Bertz CT molecular complexity index is 1510. The maximum absolute atomic E-state index is 12.9. The van der Waals surface area contributed by atoms with Crippen LogP contribution < -0.4 is 21.1 Å². The summed E-state index contributed by atoms with van der Waals surface area (Å²) in [5, 5.41) is 10.5. The summed E-state index contributed by atoms with van der Waals surface area (Å²) in [6.45, 7) is 7.59. The SMILES string of the molecule is CC(=O)N(CC(N)=O)Cc1ccc(-n2nc(C(C)(C)C)cc2NC(=O)Nc2ccc(Oc3cccnc3)cc2)cc1. The summed E-state index contributed by atoms with van der Waals surface area (Å²) in [5.74, 6) is 0.884. The molecule has 0 aliphatic heterocycles. The number of nitrogens with one attached hydrogen (secondary N) is 2. The van der Waals surface area contributed by atoms with Crippen molar-refractivity contribution in [2.24, 2.45) is 5.73 Å². The smallest absolute Gasteiger partial charge is 0.324 e. The minimum absolute atomic E-state index is 0.158. The van der Waals surface area contributed by atoms with E-state index in [1.165, 1.54) is 11.8 Å². The van der Waals surface area contributed by atoms with E-state index in [9.17, 15) is 14.4 Å². The van der Waals surface area contributed by atoms with Crippen LogP contribution in [0.25, 0.3) is 5.69 Å². The lowest BCUT2D eigenvalue weighted by molar-refractivity contribution is -0.133. The molecule has 0 radical (unpaired) electrons. The molecule has 0 atom stereocenters. The molecule has 0 unspecified atom stereocenters. The minimum Gasteiger partial charge on any atom is -0.456 e. The first kappa shape index (κ1) is 28.8. The Balaban J connectivity index is 1.48. The predicted octanol–water partition coefficient (Wildman–Crippen LogP) is 4.83. The van der Waals surface area contributed by atoms with Gasteiger partial charge in [0.2, 0.25) is 11.8 Å². The van der Waals surface area contributed by atoms with E-state index >= 15 is 0 Å². The number of primary amides is 1. The Morgan fingerprint density at radius 1 is 0.976 bits per heavy atom. The van der Waals surface area contributed by atoms with Crippen molar-refractivity contribution in [1.29, 1.82) is 0 Å². The van der Waals surface area contributed by atoms with Crippen molar-refractivity contribution in [3.63, 3.8) is 0 Å². The van der Waals surface area contributed by atoms with E-state index < -0.39 is 11.9 Å². The zero-order valence-electron chi connectivity index (χ0n) is 23.4. The lowest BCUT2D eigenvalue weighted by Gasteiger charge is -2.19. The number of urea groups is 1. The van der Waals surface area contributed by atoms with E-state index in [0.717, 1.165) is 11.3 Å². The average Bonchev–Trinajstić information content (AvgIpc) is 3.34. The molecule has 0 fully saturated rings. The number of nitrogens with zero attached hydrogens (tertiary/aromatic N) is 4. The fourth-order valence-corrected chi connectivity index (χ4v) is 3.89. The van der Waals surface area contributed by atoms with Gasteiger partial charge in [0.25, 0.3) is 0 Å². The number of rotatable bonds is 9. The largest absolute Gasteiger partial charge is 0.456 e. The normalized spacial score (nSPS) is 11.0. The number of carbonyl (C=O) groups is 3. The molecule has 0 saturated heterocycles. The third kappa shape index (κ3) is 7.91. The van der Waals surface area contributed by atoms with Crippen LogP contribution in [0.15, 0.2) is 79.1 Å². The molecule has 41 heavy (non-hydrogen) atoms. The summed E-state index contributed by atoms with van der Waals surface area (Å²) < 4.78 is 7.40. The Morgan fingerprint density at radius 3 is 2.27 bits per heavy atom. The predicted molar refractivity (Wildman–Crippen MR) is 156 cm³/mol. The van der Waals surface area contributed by atoms with E-state index in [0.29, 0.717) is 28.7 Å². The van der Waals surface area contributed by atoms with Crippen LogP contribution in [-0.4, -0.2) is 44.1 Å². The molecule has 4 N–H and O–H groups in total. The van der Waals surface area contributed by atoms with Crippen molar-refractivity contribution >= 4 is 29.4 Å². The molecule has 2 aromatic heterocycles. The Labute approximate surface area is 238 Å². The van der Waals surface area contributed by atoms with Crippen LogP contribution in [0.5, 0.6) is 11.5 Å². The van der Waals surface area contributed by atoms with Gasteiger partial charge in [-0.15, -0.1) is 0 Å². The van der Waals surface area contributed by atoms with Crippen LogP contribution in [0.3, 0.4) is 0 Å². The highest BCUT2D eigenvalue weighted by Crippen LogP contribution is 2.27. The Kier molecular flexibility index (Phi) is 8.66. The van der Waals surface area contributed by atoms with Gasteiger partial charge in [0.05, 0.1) is 24.1 Å². The molecule has 0 aliphatic carbocycles. The summed E-state index contributed by atoms with van der Waals surface area (Å²) in [6, 6.07) is 19.3. The summed E-state index contributed by atoms with van der Waals surface area (Å²) in [4.78, 5) is 41.6. The zero-order chi connectivity index (χ0) is 29.6. The molecular weight excluding hydrogens is 522 g/mol. The van der Waals surface area contributed by atoms with Gasteiger partial charge < -0.3 is 20.7 Å². The first-order valence-corrected chi connectivity index (χ1v) is 13.0. The molecule has 11 heteroatoms. The van der Waals surface area contributed by atoms with Crippen LogP contribution in [0.1, 0.15) is 39.0 Å². The first-order chi connectivity index (χ1) is 19.5. The van der Waals surface area contributed by atoms with E-state index in [1.807, 2.05) is 51.1 Å². The van der Waals surface area contributed by atoms with Gasteiger partial charge >= 0.3 is 6.03 Å². The molecule has 0 aliphatic rings. The molecule has 11 nitrogen and oxygen atoms in total. The lowest BCUT2D eigenvalue weighted by Crippen LogP contribution is -2.36. The molecule has 4 aromatic rings. The number of aromatic nitrogens is 3. The second-order valence-electron chi connectivity index (χ2n) is 10.5. The number of hydrogen-bond acceptors (Lipinski definition) is 6. The number of carbonyl (C=O) groups excluding carboxylic acids is 3. The van der Waals surface area contributed by atoms with Crippen molar-refractivity contribution in [1.82, 2.24) is 19.7 Å². The highest BCUT2D eigenvalue weighted by atomic mass is 16.5. The second kappa shape index (κ2) is 12.3. The van der Waals surface area contributed by atoms with Gasteiger partial charge in [-0.25, -0.2) is 9.48 Å². The Morgan fingerprint density at radius 2 is 1.68 bits per heavy atom. The fourth-order valence-electron chi connectivity index (χ4n) is 3.89. The molecule has 0 spiro atoms. The monoisotopic (exact) mass is 555 g/mol.